The van der Waals surface area contributed by atoms with E-state index in [0.29, 0.717) is 11.8 Å². The molecule has 1 atom stereocenters. The van der Waals surface area contributed by atoms with E-state index in [-0.39, 0.29) is 0 Å². The van der Waals surface area contributed by atoms with Gasteiger partial charge in [0, 0.05) is 24.7 Å². The highest BCUT2D eigenvalue weighted by molar-refractivity contribution is 7.71. The summed E-state index contributed by atoms with van der Waals surface area (Å²) in [6.45, 7) is 2.18. The molecule has 21 heavy (non-hydrogen) atoms. The maximum Gasteiger partial charge on any atom is 0.178 e. The van der Waals surface area contributed by atoms with Gasteiger partial charge in [0.1, 0.15) is 0 Å². The van der Waals surface area contributed by atoms with Gasteiger partial charge in [0.05, 0.1) is 25.3 Å². The van der Waals surface area contributed by atoms with Gasteiger partial charge in [0.15, 0.2) is 16.3 Å². The van der Waals surface area contributed by atoms with E-state index < -0.39 is 0 Å². The molecule has 0 radical (unpaired) electrons. The second-order valence-corrected chi connectivity index (χ2v) is 5.97. The van der Waals surface area contributed by atoms with Gasteiger partial charge in [-0.25, -0.2) is 0 Å². The van der Waals surface area contributed by atoms with Crippen LogP contribution in [0.2, 0.25) is 0 Å². The van der Waals surface area contributed by atoms with E-state index in [0.717, 1.165) is 41.1 Å². The zero-order chi connectivity index (χ0) is 15.0. The first-order valence-corrected chi connectivity index (χ1v) is 7.59. The van der Waals surface area contributed by atoms with E-state index in [1.165, 1.54) is 6.42 Å². The number of methoxy groups -OCH3 is 2. The summed E-state index contributed by atoms with van der Waals surface area (Å²) in [7, 11) is 5.46. The third-order valence-electron chi connectivity index (χ3n) is 4.19. The minimum Gasteiger partial charge on any atom is -0.493 e. The molecular weight excluding hydrogens is 286 g/mol. The summed E-state index contributed by atoms with van der Waals surface area (Å²) in [5.74, 6) is 1.45. The first-order chi connectivity index (χ1) is 10.1. The third kappa shape index (κ3) is 2.53. The van der Waals surface area contributed by atoms with Crippen molar-refractivity contribution in [1.29, 1.82) is 0 Å². The van der Waals surface area contributed by atoms with E-state index in [2.05, 4.69) is 21.5 Å². The lowest BCUT2D eigenvalue weighted by atomic mass is 10.1. The van der Waals surface area contributed by atoms with Crippen LogP contribution in [0.15, 0.2) is 12.1 Å². The van der Waals surface area contributed by atoms with Crippen LogP contribution in [0.4, 0.5) is 0 Å². The Kier molecular flexibility index (Phi) is 3.91. The summed E-state index contributed by atoms with van der Waals surface area (Å²) in [4.78, 5) is 5.65. The molecule has 1 unspecified atom stereocenters. The molecule has 3 rings (SSSR count). The highest BCUT2D eigenvalue weighted by Gasteiger charge is 2.22. The number of rotatable bonds is 3. The second kappa shape index (κ2) is 5.69. The van der Waals surface area contributed by atoms with Gasteiger partial charge in [0.25, 0.3) is 0 Å². The number of imidazole rings is 1. The zero-order valence-electron chi connectivity index (χ0n) is 12.7. The van der Waals surface area contributed by atoms with E-state index in [4.69, 9.17) is 21.7 Å². The van der Waals surface area contributed by atoms with Crippen molar-refractivity contribution in [2.24, 2.45) is 0 Å². The Morgan fingerprint density at radius 3 is 2.62 bits per heavy atom. The number of likely N-dealkylation sites (N-methyl/N-ethyl adjacent to an activating group) is 1. The van der Waals surface area contributed by atoms with Crippen LogP contribution in [-0.4, -0.2) is 48.8 Å². The van der Waals surface area contributed by atoms with Crippen molar-refractivity contribution < 1.29 is 9.47 Å². The van der Waals surface area contributed by atoms with Crippen molar-refractivity contribution in [1.82, 2.24) is 14.5 Å². The predicted molar refractivity (Wildman–Crippen MR) is 86.0 cm³/mol. The van der Waals surface area contributed by atoms with Gasteiger partial charge >= 0.3 is 0 Å². The van der Waals surface area contributed by atoms with Gasteiger partial charge in [-0.05, 0) is 38.7 Å². The van der Waals surface area contributed by atoms with E-state index >= 15 is 0 Å². The third-order valence-corrected chi connectivity index (χ3v) is 4.49. The molecule has 114 valence electrons. The molecule has 0 aliphatic carbocycles. The highest BCUT2D eigenvalue weighted by Crippen LogP contribution is 2.34. The minimum absolute atomic E-state index is 0.406. The van der Waals surface area contributed by atoms with E-state index in [1.54, 1.807) is 14.2 Å². The van der Waals surface area contributed by atoms with Crippen molar-refractivity contribution in [3.05, 3.63) is 16.9 Å². The van der Waals surface area contributed by atoms with Crippen LogP contribution in [0.5, 0.6) is 11.5 Å². The summed E-state index contributed by atoms with van der Waals surface area (Å²) < 4.78 is 13.8. The number of benzene rings is 1. The van der Waals surface area contributed by atoms with Gasteiger partial charge in [-0.2, -0.15) is 0 Å². The molecule has 1 aromatic heterocycles. The molecule has 1 aromatic carbocycles. The van der Waals surface area contributed by atoms with Gasteiger partial charge in [-0.3, -0.25) is 0 Å². The van der Waals surface area contributed by atoms with E-state index in [1.807, 2.05) is 12.1 Å². The molecule has 6 heteroatoms. The number of H-pyrrole nitrogens is 1. The minimum atomic E-state index is 0.406. The van der Waals surface area contributed by atoms with Gasteiger partial charge in [-0.15, -0.1) is 0 Å². The van der Waals surface area contributed by atoms with Crippen LogP contribution in [0.3, 0.4) is 0 Å². The fraction of sp³-hybridized carbons (Fsp3) is 0.533. The molecule has 1 fully saturated rings. The molecule has 1 aliphatic rings. The number of fused-ring (bicyclic) bond motifs is 1. The Morgan fingerprint density at radius 2 is 1.95 bits per heavy atom. The van der Waals surface area contributed by atoms with Crippen LogP contribution in [0, 0.1) is 4.77 Å². The normalized spacial score (nSPS) is 19.9. The molecule has 1 N–H and O–H groups in total. The Labute approximate surface area is 129 Å². The molecule has 1 aliphatic heterocycles. The average molecular weight is 307 g/mol. The lowest BCUT2D eigenvalue weighted by molar-refractivity contribution is 0.214. The van der Waals surface area contributed by atoms with Crippen molar-refractivity contribution in [3.63, 3.8) is 0 Å². The maximum absolute atomic E-state index is 5.54. The molecule has 2 aromatic rings. The predicted octanol–water partition coefficient (Wildman–Crippen LogP) is 2.98. The van der Waals surface area contributed by atoms with Crippen molar-refractivity contribution in [2.45, 2.75) is 18.9 Å². The van der Waals surface area contributed by atoms with E-state index in [9.17, 15) is 0 Å². The number of nitrogens with one attached hydrogen (secondary N) is 1. The molecule has 5 nitrogen and oxygen atoms in total. The molecule has 0 bridgehead atoms. The van der Waals surface area contributed by atoms with Crippen LogP contribution >= 0.6 is 12.2 Å². The van der Waals surface area contributed by atoms with Crippen LogP contribution in [0.1, 0.15) is 18.9 Å². The SMILES string of the molecule is COc1cc2[nH]c(=S)n(C3CCCN(C)C3)c2cc1OC. The number of aromatic amines is 1. The number of likely N-dealkylation sites (tertiary alicyclic amines) is 1. The smallest absolute Gasteiger partial charge is 0.178 e. The highest BCUT2D eigenvalue weighted by atomic mass is 32.1. The number of aromatic nitrogens is 2. The lowest BCUT2D eigenvalue weighted by Crippen LogP contribution is -2.33. The van der Waals surface area contributed by atoms with Gasteiger partial charge < -0.3 is 23.9 Å². The molecule has 2 heterocycles. The molecule has 0 spiro atoms. The van der Waals surface area contributed by atoms with Crippen molar-refractivity contribution in [3.8, 4) is 11.5 Å². The standard InChI is InChI=1S/C15H21N3O2S/c1-17-6-4-5-10(9-17)18-12-8-14(20-3)13(19-2)7-11(12)16-15(18)21/h7-8,10H,4-6,9H2,1-3H3,(H,16,21). The monoisotopic (exact) mass is 307 g/mol. The first-order valence-electron chi connectivity index (χ1n) is 7.19. The summed E-state index contributed by atoms with van der Waals surface area (Å²) in [5, 5.41) is 0. The molecular formula is C15H21N3O2S. The largest absolute Gasteiger partial charge is 0.493 e. The van der Waals surface area contributed by atoms with Gasteiger partial charge in [-0.1, -0.05) is 0 Å². The Balaban J connectivity index is 2.13. The number of nitrogens with zero attached hydrogens (tertiary/aromatic N) is 2. The molecule has 0 amide bonds. The number of ether oxygens (including phenoxy) is 2. The summed E-state index contributed by atoms with van der Waals surface area (Å²) >= 11 is 5.54. The van der Waals surface area contributed by atoms with Crippen LogP contribution in [-0.2, 0) is 0 Å². The topological polar surface area (TPSA) is 42.4 Å². The maximum atomic E-state index is 5.54. The Hall–Kier alpha value is -1.53. The fourth-order valence-corrected chi connectivity index (χ4v) is 3.52. The number of piperidine rings is 1. The zero-order valence-corrected chi connectivity index (χ0v) is 13.5. The summed E-state index contributed by atoms with van der Waals surface area (Å²) in [6, 6.07) is 4.37. The van der Waals surface area contributed by atoms with Crippen LogP contribution in [0.25, 0.3) is 11.0 Å². The average Bonchev–Trinajstić information content (AvgIpc) is 2.80. The van der Waals surface area contributed by atoms with Crippen LogP contribution < -0.4 is 9.47 Å². The van der Waals surface area contributed by atoms with Crippen molar-refractivity contribution in [2.75, 3.05) is 34.4 Å². The number of hydrogen-bond acceptors (Lipinski definition) is 4. The molecule has 0 saturated carbocycles. The Bertz CT molecular complexity index is 707. The van der Waals surface area contributed by atoms with Crippen molar-refractivity contribution >= 4 is 23.3 Å². The molecule has 1 saturated heterocycles. The number of hydrogen-bond donors (Lipinski definition) is 1. The fourth-order valence-electron chi connectivity index (χ4n) is 3.16. The summed E-state index contributed by atoms with van der Waals surface area (Å²) in [5.41, 5.74) is 2.07. The summed E-state index contributed by atoms with van der Waals surface area (Å²) in [6.07, 6.45) is 2.35. The lowest BCUT2D eigenvalue weighted by Gasteiger charge is -2.30. The quantitative estimate of drug-likeness (QED) is 0.885. The Morgan fingerprint density at radius 1 is 1.24 bits per heavy atom. The first kappa shape index (κ1) is 14.4. The van der Waals surface area contributed by atoms with Gasteiger partial charge in [0.2, 0.25) is 0 Å². The second-order valence-electron chi connectivity index (χ2n) is 5.58.